The van der Waals surface area contributed by atoms with Crippen LogP contribution in [0.5, 0.6) is 0 Å². The van der Waals surface area contributed by atoms with Crippen molar-refractivity contribution < 1.29 is 0 Å². The fourth-order valence-corrected chi connectivity index (χ4v) is 0.490. The third-order valence-electron chi connectivity index (χ3n) is 1.04. The lowest BCUT2D eigenvalue weighted by Crippen LogP contribution is -1.59. The Kier molecular flexibility index (Phi) is 19.3. The highest BCUT2D eigenvalue weighted by molar-refractivity contribution is 4.94. The van der Waals surface area contributed by atoms with Crippen molar-refractivity contribution in [2.24, 2.45) is 0 Å². The number of rotatable bonds is 3. The van der Waals surface area contributed by atoms with Crippen LogP contribution in [0.2, 0.25) is 0 Å². The van der Waals surface area contributed by atoms with Gasteiger partial charge in [0.25, 0.3) is 0 Å². The van der Waals surface area contributed by atoms with E-state index in [2.05, 4.69) is 20.4 Å². The summed E-state index contributed by atoms with van der Waals surface area (Å²) in [5.74, 6) is 0. The molecule has 60 valence electrons. The summed E-state index contributed by atoms with van der Waals surface area (Å²) in [4.78, 5) is 0. The van der Waals surface area contributed by atoms with Crippen molar-refractivity contribution >= 4 is 0 Å². The van der Waals surface area contributed by atoms with E-state index in [9.17, 15) is 0 Å². The maximum atomic E-state index is 3.46. The molecule has 0 spiro atoms. The summed E-state index contributed by atoms with van der Waals surface area (Å²) in [5.41, 5.74) is 0. The lowest BCUT2D eigenvalue weighted by Gasteiger charge is -1.79. The van der Waals surface area contributed by atoms with Crippen LogP contribution in [0, 0.1) is 0 Å². The molecule has 0 radical (unpaired) electrons. The van der Waals surface area contributed by atoms with Gasteiger partial charge in [0, 0.05) is 0 Å². The summed E-state index contributed by atoms with van der Waals surface area (Å²) in [6.45, 7) is 9.85. The third-order valence-corrected chi connectivity index (χ3v) is 1.04. The van der Waals surface area contributed by atoms with Gasteiger partial charge in [-0.3, -0.25) is 0 Å². The van der Waals surface area contributed by atoms with Crippen LogP contribution in [0.25, 0.3) is 0 Å². The van der Waals surface area contributed by atoms with Gasteiger partial charge in [-0.15, -0.1) is 0 Å². The maximum Gasteiger partial charge on any atom is -0.0467 e. The molecule has 0 N–H and O–H groups in total. The molecule has 0 saturated heterocycles. The Balaban J connectivity index is 0. The van der Waals surface area contributed by atoms with Crippen LogP contribution < -0.4 is 0 Å². The highest BCUT2D eigenvalue weighted by Gasteiger charge is 1.68. The van der Waals surface area contributed by atoms with Crippen molar-refractivity contribution in [1.82, 2.24) is 0 Å². The van der Waals surface area contributed by atoms with Crippen LogP contribution in [0.1, 0.15) is 40.0 Å². The Bertz CT molecular complexity index is 68.1. The summed E-state index contributed by atoms with van der Waals surface area (Å²) < 4.78 is 0. The third kappa shape index (κ3) is 25.9. The van der Waals surface area contributed by atoms with Gasteiger partial charge >= 0.3 is 0 Å². The van der Waals surface area contributed by atoms with Crippen LogP contribution in [-0.2, 0) is 0 Å². The number of hydrogen-bond donors (Lipinski definition) is 0. The van der Waals surface area contributed by atoms with E-state index in [0.717, 1.165) is 0 Å². The van der Waals surface area contributed by atoms with Crippen LogP contribution in [0.4, 0.5) is 0 Å². The SMILES string of the molecule is C=C/C=C/C.CCCCC. The maximum absolute atomic E-state index is 3.46. The molecule has 0 nitrogen and oxygen atoms in total. The molecule has 0 aromatic rings. The molecule has 0 heterocycles. The molecule has 0 aromatic carbocycles. The van der Waals surface area contributed by atoms with Crippen molar-refractivity contribution in [3.05, 3.63) is 24.8 Å². The fraction of sp³-hybridized carbons (Fsp3) is 0.600. The molecular formula is C10H20. The van der Waals surface area contributed by atoms with Gasteiger partial charge < -0.3 is 0 Å². The standard InChI is InChI=1S/C5H12.C5H8/c2*1-3-5-4-2/h3-5H2,1-2H3;3-5H,1H2,2H3/b;5-4+. The second kappa shape index (κ2) is 15.8. The largest absolute Gasteiger partial charge is 0.0991 e. The lowest BCUT2D eigenvalue weighted by atomic mass is 10.3. The zero-order valence-electron chi connectivity index (χ0n) is 7.56. The molecule has 0 aliphatic carbocycles. The minimum Gasteiger partial charge on any atom is -0.0991 e. The van der Waals surface area contributed by atoms with Gasteiger partial charge in [-0.1, -0.05) is 57.9 Å². The minimum absolute atomic E-state index is 1.34. The quantitative estimate of drug-likeness (QED) is 0.521. The van der Waals surface area contributed by atoms with Crippen LogP contribution in [0.3, 0.4) is 0 Å². The van der Waals surface area contributed by atoms with E-state index in [4.69, 9.17) is 0 Å². The summed E-state index contributed by atoms with van der Waals surface area (Å²) in [7, 11) is 0. The van der Waals surface area contributed by atoms with Crippen molar-refractivity contribution in [2.45, 2.75) is 40.0 Å². The molecule has 0 aliphatic rings. The predicted molar refractivity (Wildman–Crippen MR) is 50.2 cm³/mol. The van der Waals surface area contributed by atoms with Gasteiger partial charge in [-0.25, -0.2) is 0 Å². The van der Waals surface area contributed by atoms with E-state index in [1.165, 1.54) is 19.3 Å². The Morgan fingerprint density at radius 1 is 1.20 bits per heavy atom. The van der Waals surface area contributed by atoms with Crippen molar-refractivity contribution in [2.75, 3.05) is 0 Å². The molecule has 0 fully saturated rings. The smallest absolute Gasteiger partial charge is 0.0467 e. The van der Waals surface area contributed by atoms with E-state index >= 15 is 0 Å². The summed E-state index contributed by atoms with van der Waals surface area (Å²) in [6.07, 6.45) is 9.65. The molecule has 0 bridgehead atoms. The first-order chi connectivity index (χ1) is 4.83. The zero-order chi connectivity index (χ0) is 8.24. The van der Waals surface area contributed by atoms with Gasteiger partial charge in [0.05, 0.1) is 0 Å². The van der Waals surface area contributed by atoms with E-state index < -0.39 is 0 Å². The van der Waals surface area contributed by atoms with Crippen molar-refractivity contribution in [1.29, 1.82) is 0 Å². The summed E-state index contributed by atoms with van der Waals surface area (Å²) in [5, 5.41) is 0. The van der Waals surface area contributed by atoms with Gasteiger partial charge in [0.1, 0.15) is 0 Å². The normalized spacial score (nSPS) is 8.70. The predicted octanol–water partition coefficient (Wildman–Crippen LogP) is 3.95. The molecule has 0 rings (SSSR count). The van der Waals surface area contributed by atoms with Crippen LogP contribution in [0.15, 0.2) is 24.8 Å². The highest BCUT2D eigenvalue weighted by Crippen LogP contribution is 1.88. The van der Waals surface area contributed by atoms with Gasteiger partial charge in [-0.2, -0.15) is 0 Å². The summed E-state index contributed by atoms with van der Waals surface area (Å²) >= 11 is 0. The van der Waals surface area contributed by atoms with Crippen LogP contribution in [-0.4, -0.2) is 0 Å². The monoisotopic (exact) mass is 140 g/mol. The van der Waals surface area contributed by atoms with Crippen molar-refractivity contribution in [3.8, 4) is 0 Å². The Morgan fingerprint density at radius 2 is 1.70 bits per heavy atom. The highest BCUT2D eigenvalue weighted by atomic mass is 13.7. The first kappa shape index (κ1) is 12.2. The minimum atomic E-state index is 1.34. The Labute approximate surface area is 65.7 Å². The molecule has 0 heteroatoms. The zero-order valence-corrected chi connectivity index (χ0v) is 7.56. The average molecular weight is 140 g/mol. The first-order valence-corrected chi connectivity index (χ1v) is 4.07. The van der Waals surface area contributed by atoms with Gasteiger partial charge in [0.2, 0.25) is 0 Å². The average Bonchev–Trinajstić information content (AvgIpc) is 1.93. The molecule has 0 aliphatic heterocycles. The Hall–Kier alpha value is -0.520. The molecule has 0 saturated carbocycles. The molecule has 0 unspecified atom stereocenters. The second-order valence-electron chi connectivity index (χ2n) is 2.12. The molecule has 10 heavy (non-hydrogen) atoms. The Morgan fingerprint density at radius 3 is 1.70 bits per heavy atom. The molecule has 0 aromatic heterocycles. The lowest BCUT2D eigenvalue weighted by molar-refractivity contribution is 0.772. The fourth-order valence-electron chi connectivity index (χ4n) is 0.490. The molecular weight excluding hydrogens is 120 g/mol. The van der Waals surface area contributed by atoms with E-state index in [-0.39, 0.29) is 0 Å². The van der Waals surface area contributed by atoms with Crippen LogP contribution >= 0.6 is 0 Å². The van der Waals surface area contributed by atoms with E-state index in [0.29, 0.717) is 0 Å². The van der Waals surface area contributed by atoms with E-state index in [1.54, 1.807) is 6.08 Å². The second-order valence-corrected chi connectivity index (χ2v) is 2.12. The topological polar surface area (TPSA) is 0 Å². The van der Waals surface area contributed by atoms with Crippen molar-refractivity contribution in [3.63, 3.8) is 0 Å². The van der Waals surface area contributed by atoms with E-state index in [1.807, 2.05) is 19.1 Å². The number of allylic oxidation sites excluding steroid dienone is 3. The number of unbranched alkanes of at least 4 members (excludes halogenated alkanes) is 2. The number of hydrogen-bond acceptors (Lipinski definition) is 0. The molecule has 0 amide bonds. The van der Waals surface area contributed by atoms with Gasteiger partial charge in [0.15, 0.2) is 0 Å². The first-order valence-electron chi connectivity index (χ1n) is 4.07. The summed E-state index contributed by atoms with van der Waals surface area (Å²) in [6, 6.07) is 0. The van der Waals surface area contributed by atoms with Gasteiger partial charge in [-0.05, 0) is 6.92 Å². The molecule has 0 atom stereocenters.